The molecule has 7 heteroatoms. The Balaban J connectivity index is 1.55. The second kappa shape index (κ2) is 9.40. The summed E-state index contributed by atoms with van der Waals surface area (Å²) in [5.74, 6) is 0.218. The zero-order valence-corrected chi connectivity index (χ0v) is 17.8. The Bertz CT molecular complexity index is 1270. The normalized spacial score (nSPS) is 11.5. The first-order chi connectivity index (χ1) is 15.1. The molecule has 0 aliphatic heterocycles. The Hall–Kier alpha value is -3.71. The molecule has 0 atom stereocenters. The summed E-state index contributed by atoms with van der Waals surface area (Å²) in [5.41, 5.74) is 2.97. The minimum absolute atomic E-state index is 0.183. The molecule has 0 saturated carbocycles. The molecule has 0 aliphatic rings. The lowest BCUT2D eigenvalue weighted by Crippen LogP contribution is -2.25. The number of nitrogens with zero attached hydrogens (tertiary/aromatic N) is 2. The van der Waals surface area contributed by atoms with Crippen LogP contribution in [0.2, 0.25) is 0 Å². The fraction of sp³-hybridized carbons (Fsp3) is 0.125. The molecule has 2 aromatic heterocycles. The number of carbonyl (C=O) groups excluding carboxylic acids is 2. The van der Waals surface area contributed by atoms with Crippen LogP contribution in [0.1, 0.15) is 37.6 Å². The second-order valence-electron chi connectivity index (χ2n) is 7.02. The van der Waals surface area contributed by atoms with Gasteiger partial charge in [0.2, 0.25) is 0 Å². The molecule has 1 N–H and O–H groups in total. The van der Waals surface area contributed by atoms with E-state index in [1.165, 1.54) is 11.3 Å². The lowest BCUT2D eigenvalue weighted by molar-refractivity contribution is 0.0945. The van der Waals surface area contributed by atoms with Crippen molar-refractivity contribution in [3.05, 3.63) is 111 Å². The predicted octanol–water partition coefficient (Wildman–Crippen LogP) is 4.17. The molecule has 0 saturated heterocycles. The van der Waals surface area contributed by atoms with Crippen LogP contribution in [0.15, 0.2) is 87.9 Å². The molecule has 156 valence electrons. The maximum Gasteiger partial charge on any atom is 0.279 e. The summed E-state index contributed by atoms with van der Waals surface area (Å²) < 4.78 is 7.14. The standard InChI is InChI=1S/C24H21N3O3S/c1-17-6-4-8-18(14-17)22(28)26-24-27(11-13-31-24)16-19-7-2-3-10-21(19)23(29)25-15-20-9-5-12-30-20/h2-14H,15-16H2,1H3,(H,25,29). The van der Waals surface area contributed by atoms with Crippen LogP contribution in [0.3, 0.4) is 0 Å². The van der Waals surface area contributed by atoms with Crippen molar-refractivity contribution in [3.8, 4) is 0 Å². The molecule has 2 heterocycles. The van der Waals surface area contributed by atoms with Gasteiger partial charge < -0.3 is 14.3 Å². The molecule has 0 aliphatic carbocycles. The molecule has 0 radical (unpaired) electrons. The van der Waals surface area contributed by atoms with Crippen LogP contribution in [-0.2, 0) is 13.1 Å². The van der Waals surface area contributed by atoms with Gasteiger partial charge in [0, 0.05) is 22.7 Å². The van der Waals surface area contributed by atoms with Gasteiger partial charge in [-0.15, -0.1) is 11.3 Å². The molecule has 4 aromatic rings. The topological polar surface area (TPSA) is 76.6 Å². The van der Waals surface area contributed by atoms with Crippen molar-refractivity contribution >= 4 is 23.2 Å². The van der Waals surface area contributed by atoms with Gasteiger partial charge in [0.15, 0.2) is 4.80 Å². The number of furan rings is 1. The Labute approximate surface area is 183 Å². The van der Waals surface area contributed by atoms with Crippen LogP contribution < -0.4 is 10.1 Å². The van der Waals surface area contributed by atoms with Crippen molar-refractivity contribution in [1.82, 2.24) is 9.88 Å². The fourth-order valence-corrected chi connectivity index (χ4v) is 3.90. The van der Waals surface area contributed by atoms with E-state index in [4.69, 9.17) is 4.42 Å². The average molecular weight is 432 g/mol. The third-order valence-electron chi connectivity index (χ3n) is 4.73. The SMILES string of the molecule is Cc1cccc(C(=O)N=c2sccn2Cc2ccccc2C(=O)NCc2ccco2)c1. The number of carbonyl (C=O) groups is 2. The molecular weight excluding hydrogens is 410 g/mol. The minimum atomic E-state index is -0.288. The van der Waals surface area contributed by atoms with Crippen LogP contribution in [0.5, 0.6) is 0 Å². The number of amides is 2. The van der Waals surface area contributed by atoms with E-state index in [0.717, 1.165) is 11.1 Å². The van der Waals surface area contributed by atoms with E-state index < -0.39 is 0 Å². The van der Waals surface area contributed by atoms with Crippen molar-refractivity contribution in [2.75, 3.05) is 0 Å². The molecule has 2 aromatic carbocycles. The van der Waals surface area contributed by atoms with Gasteiger partial charge >= 0.3 is 0 Å². The van der Waals surface area contributed by atoms with Crippen molar-refractivity contribution in [2.24, 2.45) is 4.99 Å². The van der Waals surface area contributed by atoms with Crippen LogP contribution >= 0.6 is 11.3 Å². The van der Waals surface area contributed by atoms with Crippen LogP contribution in [0, 0.1) is 6.92 Å². The highest BCUT2D eigenvalue weighted by Gasteiger charge is 2.12. The Morgan fingerprint density at radius 3 is 2.77 bits per heavy atom. The molecule has 0 bridgehead atoms. The van der Waals surface area contributed by atoms with E-state index in [-0.39, 0.29) is 11.8 Å². The first-order valence-corrected chi connectivity index (χ1v) is 10.7. The average Bonchev–Trinajstić information content (AvgIpc) is 3.45. The number of hydrogen-bond acceptors (Lipinski definition) is 4. The molecule has 6 nitrogen and oxygen atoms in total. The molecule has 0 unspecified atom stereocenters. The molecular formula is C24H21N3O3S. The highest BCUT2D eigenvalue weighted by atomic mass is 32.1. The summed E-state index contributed by atoms with van der Waals surface area (Å²) in [6, 6.07) is 18.4. The Morgan fingerprint density at radius 2 is 1.97 bits per heavy atom. The summed E-state index contributed by atoms with van der Waals surface area (Å²) in [6.45, 7) is 2.68. The van der Waals surface area contributed by atoms with Gasteiger partial charge in [0.05, 0.1) is 19.4 Å². The van der Waals surface area contributed by atoms with Crippen LogP contribution in [0.25, 0.3) is 0 Å². The fourth-order valence-electron chi connectivity index (χ4n) is 3.18. The summed E-state index contributed by atoms with van der Waals surface area (Å²) in [4.78, 5) is 30.2. The third kappa shape index (κ3) is 5.07. The zero-order chi connectivity index (χ0) is 21.6. The number of nitrogens with one attached hydrogen (secondary N) is 1. The number of rotatable bonds is 6. The van der Waals surface area contributed by atoms with E-state index in [1.807, 2.05) is 65.5 Å². The van der Waals surface area contributed by atoms with Gasteiger partial charge in [0.1, 0.15) is 5.76 Å². The van der Waals surface area contributed by atoms with E-state index in [0.29, 0.717) is 34.8 Å². The number of aromatic nitrogens is 1. The maximum absolute atomic E-state index is 12.7. The molecule has 4 rings (SSSR count). The highest BCUT2D eigenvalue weighted by Crippen LogP contribution is 2.12. The molecule has 31 heavy (non-hydrogen) atoms. The maximum atomic E-state index is 12.7. The Morgan fingerprint density at radius 1 is 1.10 bits per heavy atom. The molecule has 0 fully saturated rings. The largest absolute Gasteiger partial charge is 0.467 e. The zero-order valence-electron chi connectivity index (χ0n) is 16.9. The highest BCUT2D eigenvalue weighted by molar-refractivity contribution is 7.07. The number of thiazole rings is 1. The van der Waals surface area contributed by atoms with Gasteiger partial charge in [-0.3, -0.25) is 9.59 Å². The van der Waals surface area contributed by atoms with Crippen molar-refractivity contribution in [1.29, 1.82) is 0 Å². The quantitative estimate of drug-likeness (QED) is 0.498. The summed E-state index contributed by atoms with van der Waals surface area (Å²) >= 11 is 1.38. The van der Waals surface area contributed by atoms with E-state index in [9.17, 15) is 9.59 Å². The number of aryl methyl sites for hydroxylation is 1. The predicted molar refractivity (Wildman–Crippen MR) is 119 cm³/mol. The van der Waals surface area contributed by atoms with Gasteiger partial charge in [-0.25, -0.2) is 0 Å². The van der Waals surface area contributed by atoms with Crippen LogP contribution in [0.4, 0.5) is 0 Å². The number of hydrogen-bond donors (Lipinski definition) is 1. The van der Waals surface area contributed by atoms with Gasteiger partial charge in [-0.05, 0) is 42.8 Å². The minimum Gasteiger partial charge on any atom is -0.467 e. The molecule has 2 amide bonds. The smallest absolute Gasteiger partial charge is 0.279 e. The monoisotopic (exact) mass is 431 g/mol. The van der Waals surface area contributed by atoms with Gasteiger partial charge in [0.25, 0.3) is 11.8 Å². The third-order valence-corrected chi connectivity index (χ3v) is 5.52. The first kappa shape index (κ1) is 20.6. The molecule has 0 spiro atoms. The van der Waals surface area contributed by atoms with E-state index >= 15 is 0 Å². The van der Waals surface area contributed by atoms with Gasteiger partial charge in [-0.1, -0.05) is 35.9 Å². The summed E-state index contributed by atoms with van der Waals surface area (Å²) in [7, 11) is 0. The van der Waals surface area contributed by atoms with E-state index in [1.54, 1.807) is 24.5 Å². The van der Waals surface area contributed by atoms with Crippen LogP contribution in [-0.4, -0.2) is 16.4 Å². The first-order valence-electron chi connectivity index (χ1n) is 9.78. The van der Waals surface area contributed by atoms with Gasteiger partial charge in [-0.2, -0.15) is 4.99 Å². The Kier molecular flexibility index (Phi) is 6.24. The lowest BCUT2D eigenvalue weighted by Gasteiger charge is -2.10. The lowest BCUT2D eigenvalue weighted by atomic mass is 10.1. The second-order valence-corrected chi connectivity index (χ2v) is 7.89. The van der Waals surface area contributed by atoms with Crippen molar-refractivity contribution < 1.29 is 14.0 Å². The van der Waals surface area contributed by atoms with E-state index in [2.05, 4.69) is 10.3 Å². The van der Waals surface area contributed by atoms with Crippen molar-refractivity contribution in [3.63, 3.8) is 0 Å². The summed E-state index contributed by atoms with van der Waals surface area (Å²) in [5, 5.41) is 4.76. The number of benzene rings is 2. The van der Waals surface area contributed by atoms with Crippen molar-refractivity contribution in [2.45, 2.75) is 20.0 Å². The summed E-state index contributed by atoms with van der Waals surface area (Å²) in [6.07, 6.45) is 3.44.